The molecule has 0 heterocycles. The Morgan fingerprint density at radius 1 is 1.12 bits per heavy atom. The van der Waals surface area contributed by atoms with Gasteiger partial charge in [-0.15, -0.1) is 24.0 Å². The second-order valence-electron chi connectivity index (χ2n) is 6.03. The molecule has 3 nitrogen and oxygen atoms in total. The molecule has 0 unspecified atom stereocenters. The summed E-state index contributed by atoms with van der Waals surface area (Å²) in [6, 6.07) is 11.6. The highest BCUT2D eigenvalue weighted by Gasteiger charge is 2.30. The lowest BCUT2D eigenvalue weighted by molar-refractivity contribution is 0.351. The Morgan fingerprint density at radius 3 is 2.42 bits per heavy atom. The van der Waals surface area contributed by atoms with Gasteiger partial charge in [0.1, 0.15) is 11.6 Å². The molecule has 0 spiro atoms. The van der Waals surface area contributed by atoms with Crippen LogP contribution in [0.25, 0.3) is 0 Å². The van der Waals surface area contributed by atoms with Crippen molar-refractivity contribution in [2.45, 2.75) is 31.7 Å². The van der Waals surface area contributed by atoms with Crippen molar-refractivity contribution in [2.24, 2.45) is 10.7 Å². The van der Waals surface area contributed by atoms with Crippen LogP contribution in [0.4, 0.5) is 14.5 Å². The zero-order valence-electron chi connectivity index (χ0n) is 13.3. The summed E-state index contributed by atoms with van der Waals surface area (Å²) in [6.45, 7) is 2.01. The highest BCUT2D eigenvalue weighted by atomic mass is 127. The second-order valence-corrected chi connectivity index (χ2v) is 6.03. The number of benzene rings is 2. The van der Waals surface area contributed by atoms with Gasteiger partial charge in [-0.1, -0.05) is 12.1 Å². The Hall–Kier alpha value is -1.70. The number of anilines is 1. The van der Waals surface area contributed by atoms with Crippen LogP contribution in [0.3, 0.4) is 0 Å². The van der Waals surface area contributed by atoms with Crippen molar-refractivity contribution in [1.29, 1.82) is 0 Å². The predicted molar refractivity (Wildman–Crippen MR) is 104 cm³/mol. The van der Waals surface area contributed by atoms with Gasteiger partial charge in [-0.3, -0.25) is 0 Å². The van der Waals surface area contributed by atoms with E-state index in [1.54, 1.807) is 0 Å². The zero-order chi connectivity index (χ0) is 16.4. The standard InChI is InChI=1S/C18H19F2N3.HI/c1-11-3-2-4-16(5-11)22-18(21)23-17-8-13(9-17)12-6-14(19)10-15(20)7-12;/h2-7,10,13,17H,8-9H2,1H3,(H3,21,22,23);1H. The Labute approximate surface area is 157 Å². The molecule has 1 aliphatic rings. The average molecular weight is 443 g/mol. The zero-order valence-corrected chi connectivity index (χ0v) is 15.6. The summed E-state index contributed by atoms with van der Waals surface area (Å²) in [7, 11) is 0. The largest absolute Gasteiger partial charge is 0.370 e. The molecule has 6 heteroatoms. The average Bonchev–Trinajstić information content (AvgIpc) is 2.41. The molecule has 3 N–H and O–H groups in total. The van der Waals surface area contributed by atoms with Crippen molar-refractivity contribution in [3.05, 3.63) is 65.2 Å². The van der Waals surface area contributed by atoms with E-state index in [0.717, 1.165) is 30.2 Å². The summed E-state index contributed by atoms with van der Waals surface area (Å²) in [5, 5.41) is 3.06. The van der Waals surface area contributed by atoms with Gasteiger partial charge >= 0.3 is 0 Å². The van der Waals surface area contributed by atoms with Gasteiger partial charge in [0, 0.05) is 11.8 Å². The number of guanidine groups is 1. The van der Waals surface area contributed by atoms with E-state index in [1.165, 1.54) is 12.1 Å². The van der Waals surface area contributed by atoms with E-state index in [9.17, 15) is 8.78 Å². The number of hydrogen-bond acceptors (Lipinski definition) is 1. The molecule has 0 aromatic heterocycles. The van der Waals surface area contributed by atoms with Crippen LogP contribution < -0.4 is 11.1 Å². The number of aryl methyl sites for hydroxylation is 1. The van der Waals surface area contributed by atoms with Gasteiger partial charge in [0.05, 0.1) is 6.04 Å². The molecule has 3 rings (SSSR count). The first-order chi connectivity index (χ1) is 11.0. The van der Waals surface area contributed by atoms with E-state index in [1.807, 2.05) is 31.2 Å². The molecule has 0 radical (unpaired) electrons. The SMILES string of the molecule is Cc1cccc(NC(N)=NC2CC(c3cc(F)cc(F)c3)C2)c1.I. The van der Waals surface area contributed by atoms with E-state index in [2.05, 4.69) is 10.3 Å². The third kappa shape index (κ3) is 4.66. The number of nitrogens with two attached hydrogens (primary N) is 1. The molecule has 0 bridgehead atoms. The first kappa shape index (κ1) is 18.6. The van der Waals surface area contributed by atoms with E-state index in [-0.39, 0.29) is 35.9 Å². The fraction of sp³-hybridized carbons (Fsp3) is 0.278. The van der Waals surface area contributed by atoms with Crippen molar-refractivity contribution >= 4 is 35.6 Å². The third-order valence-electron chi connectivity index (χ3n) is 4.08. The number of aliphatic imine (C=N–C) groups is 1. The Bertz CT molecular complexity index is 723. The van der Waals surface area contributed by atoms with E-state index >= 15 is 0 Å². The van der Waals surface area contributed by atoms with E-state index in [4.69, 9.17) is 5.73 Å². The monoisotopic (exact) mass is 443 g/mol. The summed E-state index contributed by atoms with van der Waals surface area (Å²) in [5.74, 6) is -0.564. The summed E-state index contributed by atoms with van der Waals surface area (Å²) in [5.41, 5.74) is 8.65. The van der Waals surface area contributed by atoms with Gasteiger partial charge in [-0.25, -0.2) is 13.8 Å². The predicted octanol–water partition coefficient (Wildman–Crippen LogP) is 4.56. The fourth-order valence-corrected chi connectivity index (χ4v) is 2.88. The molecule has 1 aliphatic carbocycles. The normalized spacial score (nSPS) is 20.0. The quantitative estimate of drug-likeness (QED) is 0.415. The highest BCUT2D eigenvalue weighted by Crippen LogP contribution is 2.39. The first-order valence-corrected chi connectivity index (χ1v) is 7.62. The molecule has 128 valence electrons. The van der Waals surface area contributed by atoms with Crippen LogP contribution in [-0.2, 0) is 0 Å². The van der Waals surface area contributed by atoms with Crippen LogP contribution in [0, 0.1) is 18.6 Å². The van der Waals surface area contributed by atoms with Crippen LogP contribution in [0.15, 0.2) is 47.5 Å². The van der Waals surface area contributed by atoms with Crippen LogP contribution in [0.5, 0.6) is 0 Å². The van der Waals surface area contributed by atoms with Gasteiger partial charge in [-0.05, 0) is 61.1 Å². The Balaban J connectivity index is 0.00000208. The molecule has 0 atom stereocenters. The van der Waals surface area contributed by atoms with Gasteiger partial charge in [-0.2, -0.15) is 0 Å². The fourth-order valence-electron chi connectivity index (χ4n) is 2.88. The number of nitrogens with one attached hydrogen (secondary N) is 1. The minimum atomic E-state index is -0.535. The highest BCUT2D eigenvalue weighted by molar-refractivity contribution is 14.0. The minimum absolute atomic E-state index is 0. The first-order valence-electron chi connectivity index (χ1n) is 7.62. The topological polar surface area (TPSA) is 50.4 Å². The smallest absolute Gasteiger partial charge is 0.193 e. The minimum Gasteiger partial charge on any atom is -0.370 e. The molecular weight excluding hydrogens is 423 g/mol. The van der Waals surface area contributed by atoms with Crippen molar-refractivity contribution in [3.63, 3.8) is 0 Å². The van der Waals surface area contributed by atoms with Gasteiger partial charge in [0.25, 0.3) is 0 Å². The summed E-state index contributed by atoms with van der Waals surface area (Å²) >= 11 is 0. The van der Waals surface area contributed by atoms with E-state index in [0.29, 0.717) is 11.5 Å². The number of nitrogens with zero attached hydrogens (tertiary/aromatic N) is 1. The van der Waals surface area contributed by atoms with Gasteiger partial charge in [0.15, 0.2) is 5.96 Å². The number of rotatable bonds is 3. The van der Waals surface area contributed by atoms with Crippen LogP contribution in [0.1, 0.15) is 29.9 Å². The maximum Gasteiger partial charge on any atom is 0.193 e. The van der Waals surface area contributed by atoms with Crippen molar-refractivity contribution < 1.29 is 8.78 Å². The lowest BCUT2D eigenvalue weighted by Crippen LogP contribution is -2.31. The molecule has 0 saturated heterocycles. The molecule has 24 heavy (non-hydrogen) atoms. The molecule has 1 fully saturated rings. The maximum absolute atomic E-state index is 13.2. The van der Waals surface area contributed by atoms with E-state index < -0.39 is 11.6 Å². The van der Waals surface area contributed by atoms with Gasteiger partial charge < -0.3 is 11.1 Å². The molecule has 0 aliphatic heterocycles. The molecule has 1 saturated carbocycles. The van der Waals surface area contributed by atoms with Crippen molar-refractivity contribution in [2.75, 3.05) is 5.32 Å². The summed E-state index contributed by atoms with van der Waals surface area (Å²) in [4.78, 5) is 4.42. The van der Waals surface area contributed by atoms with Crippen molar-refractivity contribution in [1.82, 2.24) is 0 Å². The van der Waals surface area contributed by atoms with Crippen LogP contribution in [-0.4, -0.2) is 12.0 Å². The maximum atomic E-state index is 13.2. The third-order valence-corrected chi connectivity index (χ3v) is 4.08. The van der Waals surface area contributed by atoms with Crippen LogP contribution in [0.2, 0.25) is 0 Å². The molecule has 2 aromatic carbocycles. The second kappa shape index (κ2) is 7.92. The Morgan fingerprint density at radius 2 is 1.79 bits per heavy atom. The number of halogens is 3. The van der Waals surface area contributed by atoms with Crippen LogP contribution >= 0.6 is 24.0 Å². The molecular formula is C18H20F2IN3. The number of hydrogen-bond donors (Lipinski definition) is 2. The lowest BCUT2D eigenvalue weighted by Gasteiger charge is -2.33. The van der Waals surface area contributed by atoms with Crippen molar-refractivity contribution in [3.8, 4) is 0 Å². The summed E-state index contributed by atoms with van der Waals surface area (Å²) < 4.78 is 26.5. The summed E-state index contributed by atoms with van der Waals surface area (Å²) in [6.07, 6.45) is 1.50. The lowest BCUT2D eigenvalue weighted by atomic mass is 9.76. The molecule has 2 aromatic rings. The van der Waals surface area contributed by atoms with Gasteiger partial charge in [0.2, 0.25) is 0 Å². The molecule has 0 amide bonds. The Kier molecular flexibility index (Phi) is 6.15.